The summed E-state index contributed by atoms with van der Waals surface area (Å²) in [4.78, 5) is 55.4. The van der Waals surface area contributed by atoms with Crippen molar-refractivity contribution in [3.05, 3.63) is 65.4 Å². The molecule has 2 amide bonds. The Morgan fingerprint density at radius 1 is 0.949 bits per heavy atom. The highest BCUT2D eigenvalue weighted by Gasteiger charge is 2.24. The number of rotatable bonds is 12. The van der Waals surface area contributed by atoms with Gasteiger partial charge in [-0.25, -0.2) is 0 Å². The van der Waals surface area contributed by atoms with E-state index >= 15 is 0 Å². The fourth-order valence-corrected chi connectivity index (χ4v) is 3.60. The average Bonchev–Trinajstić information content (AvgIpc) is 3.34. The van der Waals surface area contributed by atoms with Gasteiger partial charge in [-0.2, -0.15) is 0 Å². The summed E-state index contributed by atoms with van der Waals surface area (Å²) in [5.74, 6) is -3.39. The van der Waals surface area contributed by atoms with Crippen LogP contribution >= 0.6 is 11.6 Å². The quantitative estimate of drug-likeness (QED) is 0.258. The number of carbonyl (C=O) groups excluding carboxylic acids is 3. The van der Waals surface area contributed by atoms with Crippen molar-refractivity contribution < 1.29 is 38.7 Å². The van der Waals surface area contributed by atoms with E-state index in [4.69, 9.17) is 36.9 Å². The maximum absolute atomic E-state index is 12.3. The number of amides is 2. The summed E-state index contributed by atoms with van der Waals surface area (Å²) in [7, 11) is 0. The molecule has 0 saturated heterocycles. The Morgan fingerprint density at radius 2 is 1.59 bits per heavy atom. The fraction of sp³-hybridized carbons (Fsp3) is 0.259. The molecule has 39 heavy (non-hydrogen) atoms. The van der Waals surface area contributed by atoms with Crippen LogP contribution in [0.15, 0.2) is 59.1 Å². The predicted molar refractivity (Wildman–Crippen MR) is 142 cm³/mol. The first kappa shape index (κ1) is 30.7. The van der Waals surface area contributed by atoms with Crippen molar-refractivity contribution in [2.24, 2.45) is 5.73 Å². The number of halogens is 1. The molecule has 0 spiro atoms. The van der Waals surface area contributed by atoms with Gasteiger partial charge in [0.2, 0.25) is 11.8 Å². The molecule has 0 bridgehead atoms. The topological polar surface area (TPSA) is 190 Å². The molecular weight excluding hydrogens is 530 g/mol. The molecule has 0 fully saturated rings. The van der Waals surface area contributed by atoms with Gasteiger partial charge in [-0.15, -0.1) is 0 Å². The lowest BCUT2D eigenvalue weighted by Gasteiger charge is -2.15. The number of carboxylic acids is 2. The van der Waals surface area contributed by atoms with Crippen molar-refractivity contribution in [3.8, 4) is 22.4 Å². The first-order valence-corrected chi connectivity index (χ1v) is 12.2. The number of ketones is 1. The van der Waals surface area contributed by atoms with Gasteiger partial charge in [0.25, 0.3) is 5.97 Å². The molecular formula is C27H28ClN3O8. The van der Waals surface area contributed by atoms with Gasteiger partial charge in [0.05, 0.1) is 12.5 Å². The third-order valence-corrected chi connectivity index (χ3v) is 5.45. The van der Waals surface area contributed by atoms with Crippen LogP contribution in [-0.2, 0) is 30.4 Å². The van der Waals surface area contributed by atoms with Crippen LogP contribution in [-0.4, -0.2) is 50.9 Å². The van der Waals surface area contributed by atoms with E-state index < -0.39 is 42.0 Å². The summed E-state index contributed by atoms with van der Waals surface area (Å²) < 4.78 is 5.32. The molecule has 3 aromatic rings. The van der Waals surface area contributed by atoms with Gasteiger partial charge in [-0.05, 0) is 23.3 Å². The summed E-state index contributed by atoms with van der Waals surface area (Å²) in [5.41, 5.74) is 8.44. The highest BCUT2D eigenvalue weighted by molar-refractivity contribution is 6.30. The van der Waals surface area contributed by atoms with Gasteiger partial charge in [0, 0.05) is 49.3 Å². The second-order valence-electron chi connectivity index (χ2n) is 8.44. The third-order valence-electron chi connectivity index (χ3n) is 5.22. The zero-order chi connectivity index (χ0) is 28.9. The molecule has 0 aliphatic rings. The van der Waals surface area contributed by atoms with E-state index in [2.05, 4.69) is 10.5 Å². The van der Waals surface area contributed by atoms with Crippen LogP contribution in [0.25, 0.3) is 22.4 Å². The molecule has 0 radical (unpaired) electrons. The third kappa shape index (κ3) is 11.2. The van der Waals surface area contributed by atoms with E-state index in [0.717, 1.165) is 23.6 Å². The number of aromatic nitrogens is 1. The van der Waals surface area contributed by atoms with Crippen molar-refractivity contribution in [3.63, 3.8) is 0 Å². The van der Waals surface area contributed by atoms with E-state index in [1.54, 1.807) is 6.07 Å². The van der Waals surface area contributed by atoms with Crippen molar-refractivity contribution in [2.75, 3.05) is 0 Å². The number of hydrogen-bond acceptors (Lipinski definition) is 7. The number of aryl methyl sites for hydroxylation is 1. The van der Waals surface area contributed by atoms with Crippen molar-refractivity contribution in [2.45, 2.75) is 45.1 Å². The number of primary amides is 1. The van der Waals surface area contributed by atoms with E-state index in [0.29, 0.717) is 16.5 Å². The largest absolute Gasteiger partial charge is 0.481 e. The van der Waals surface area contributed by atoms with Crippen LogP contribution in [0.4, 0.5) is 0 Å². The number of aliphatic carboxylic acids is 2. The molecule has 206 valence electrons. The zero-order valence-electron chi connectivity index (χ0n) is 21.1. The highest BCUT2D eigenvalue weighted by atomic mass is 35.5. The lowest BCUT2D eigenvalue weighted by molar-refractivity contribution is -0.140. The van der Waals surface area contributed by atoms with Crippen LogP contribution in [0.5, 0.6) is 0 Å². The molecule has 0 saturated carbocycles. The van der Waals surface area contributed by atoms with Crippen molar-refractivity contribution in [1.82, 2.24) is 10.5 Å². The van der Waals surface area contributed by atoms with Gasteiger partial charge < -0.3 is 25.8 Å². The summed E-state index contributed by atoms with van der Waals surface area (Å²) in [5, 5.41) is 23.5. The van der Waals surface area contributed by atoms with Crippen LogP contribution in [0.2, 0.25) is 5.02 Å². The number of carboxylic acid groups (broad SMARTS) is 2. The molecule has 12 heteroatoms. The Labute approximate surface area is 228 Å². The zero-order valence-corrected chi connectivity index (χ0v) is 21.8. The molecule has 5 N–H and O–H groups in total. The number of nitrogens with one attached hydrogen (secondary N) is 1. The number of nitrogens with two attached hydrogens (primary N) is 1. The molecule has 2 aromatic carbocycles. The second kappa shape index (κ2) is 15.0. The summed E-state index contributed by atoms with van der Waals surface area (Å²) >= 11 is 6.06. The monoisotopic (exact) mass is 557 g/mol. The maximum atomic E-state index is 12.3. The molecule has 3 rings (SSSR count). The summed E-state index contributed by atoms with van der Waals surface area (Å²) in [6, 6.07) is 15.7. The minimum Gasteiger partial charge on any atom is -0.481 e. The Balaban J connectivity index is 0.00000124. The van der Waals surface area contributed by atoms with Crippen LogP contribution < -0.4 is 11.1 Å². The highest BCUT2D eigenvalue weighted by Crippen LogP contribution is 2.26. The number of benzene rings is 2. The Morgan fingerprint density at radius 3 is 2.18 bits per heavy atom. The first-order valence-electron chi connectivity index (χ1n) is 11.8. The second-order valence-corrected chi connectivity index (χ2v) is 8.87. The SMILES string of the molecule is CC(=O)O.NC(=O)CCC(=O)[C@H](CC(=O)O)NC(=O)CCc1cc(-c2ccc(-c3cccc(Cl)c3)cc2)no1. The van der Waals surface area contributed by atoms with Gasteiger partial charge in [-0.1, -0.05) is 53.2 Å². The Bertz CT molecular complexity index is 1320. The molecule has 1 aromatic heterocycles. The van der Waals surface area contributed by atoms with Gasteiger partial charge in [-0.3, -0.25) is 24.0 Å². The standard InChI is InChI=1S/C25H24ClN3O6.C2H4O2/c26-18-3-1-2-17(12-18)15-4-6-16(7-5-15)20-13-19(35-29-20)8-11-24(32)28-21(14-25(33)34)22(30)9-10-23(27)31;1-2(3)4/h1-7,12-13,21H,8-11,14H2,(H2,27,31)(H,28,32)(H,33,34);1H3,(H,3,4)/t21-;/m0./s1. The number of carbonyl (C=O) groups is 5. The number of hydrogen-bond donors (Lipinski definition) is 4. The Kier molecular flexibility index (Phi) is 11.8. The molecule has 0 unspecified atom stereocenters. The van der Waals surface area contributed by atoms with Gasteiger partial charge >= 0.3 is 5.97 Å². The number of nitrogens with zero attached hydrogens (tertiary/aromatic N) is 1. The van der Waals surface area contributed by atoms with E-state index in [-0.39, 0.29) is 25.7 Å². The number of Topliss-reactive ketones (excluding diaryl/α,β-unsaturated/α-hetero) is 1. The maximum Gasteiger partial charge on any atom is 0.305 e. The lowest BCUT2D eigenvalue weighted by Crippen LogP contribution is -2.42. The van der Waals surface area contributed by atoms with Gasteiger partial charge in [0.1, 0.15) is 11.5 Å². The van der Waals surface area contributed by atoms with Crippen LogP contribution in [0.3, 0.4) is 0 Å². The Hall–Kier alpha value is -4.51. The van der Waals surface area contributed by atoms with Crippen molar-refractivity contribution >= 4 is 41.1 Å². The molecule has 11 nitrogen and oxygen atoms in total. The van der Waals surface area contributed by atoms with Gasteiger partial charge in [0.15, 0.2) is 5.78 Å². The minimum atomic E-state index is -1.25. The molecule has 0 aliphatic heterocycles. The summed E-state index contributed by atoms with van der Waals surface area (Å²) in [6.07, 6.45) is -0.877. The average molecular weight is 558 g/mol. The molecule has 0 aliphatic carbocycles. The predicted octanol–water partition coefficient (Wildman–Crippen LogP) is 3.48. The lowest BCUT2D eigenvalue weighted by atomic mass is 10.0. The van der Waals surface area contributed by atoms with Crippen molar-refractivity contribution in [1.29, 1.82) is 0 Å². The van der Waals surface area contributed by atoms with Crippen LogP contribution in [0.1, 0.15) is 38.4 Å². The van der Waals surface area contributed by atoms with E-state index in [1.165, 1.54) is 0 Å². The minimum absolute atomic E-state index is 0.0401. The first-order chi connectivity index (χ1) is 18.4. The van der Waals surface area contributed by atoms with E-state index in [1.807, 2.05) is 48.5 Å². The van der Waals surface area contributed by atoms with Crippen LogP contribution in [0, 0.1) is 0 Å². The normalized spacial score (nSPS) is 11.0. The molecule has 1 atom stereocenters. The fourth-order valence-electron chi connectivity index (χ4n) is 3.41. The van der Waals surface area contributed by atoms with E-state index in [9.17, 15) is 19.2 Å². The molecule has 1 heterocycles. The smallest absolute Gasteiger partial charge is 0.305 e. The summed E-state index contributed by atoms with van der Waals surface area (Å²) in [6.45, 7) is 1.08.